The number of hydrogen-bond acceptors (Lipinski definition) is 6. The maximum absolute atomic E-state index is 12.9. The van der Waals surface area contributed by atoms with Crippen LogP contribution in [0.3, 0.4) is 0 Å². The van der Waals surface area contributed by atoms with E-state index in [1.165, 1.54) is 18.9 Å². The van der Waals surface area contributed by atoms with Crippen LogP contribution in [0.2, 0.25) is 0 Å². The van der Waals surface area contributed by atoms with Crippen molar-refractivity contribution in [2.24, 2.45) is 4.99 Å². The lowest BCUT2D eigenvalue weighted by Crippen LogP contribution is -2.28. The van der Waals surface area contributed by atoms with Gasteiger partial charge < -0.3 is 9.47 Å². The first-order valence-electron chi connectivity index (χ1n) is 9.67. The van der Waals surface area contributed by atoms with Gasteiger partial charge in [-0.2, -0.15) is 0 Å². The number of likely N-dealkylation sites (N-methyl/N-ethyl adjacent to an activating group) is 1. The number of para-hydroxylation sites is 1. The molecule has 2 aromatic carbocycles. The molecule has 0 spiro atoms. The van der Waals surface area contributed by atoms with Gasteiger partial charge in [-0.05, 0) is 62.9 Å². The molecule has 1 fully saturated rings. The molecule has 0 saturated carbocycles. The summed E-state index contributed by atoms with van der Waals surface area (Å²) in [7, 11) is 1.34. The highest BCUT2D eigenvalue weighted by molar-refractivity contribution is 8.18. The molecule has 0 N–H and O–H groups in total. The lowest BCUT2D eigenvalue weighted by Gasteiger charge is -2.13. The summed E-state index contributed by atoms with van der Waals surface area (Å²) >= 11 is 1.30. The summed E-state index contributed by atoms with van der Waals surface area (Å²) in [5, 5.41) is 0.568. The Kier molecular flexibility index (Phi) is 6.95. The quantitative estimate of drug-likeness (QED) is 0.488. The zero-order chi connectivity index (χ0) is 21.7. The van der Waals surface area contributed by atoms with E-state index in [9.17, 15) is 9.59 Å². The SMILES string of the molecule is CCN1C(=O)C(=Cc2ccccc2OC(C)C)SC1=Nc1cccc(C(=O)OC)c1. The van der Waals surface area contributed by atoms with Gasteiger partial charge in [0.15, 0.2) is 5.17 Å². The van der Waals surface area contributed by atoms with Crippen molar-refractivity contribution < 1.29 is 19.1 Å². The number of rotatable bonds is 6. The molecule has 0 aliphatic carbocycles. The smallest absolute Gasteiger partial charge is 0.337 e. The Labute approximate surface area is 180 Å². The van der Waals surface area contributed by atoms with E-state index >= 15 is 0 Å². The highest BCUT2D eigenvalue weighted by atomic mass is 32.2. The predicted molar refractivity (Wildman–Crippen MR) is 120 cm³/mol. The van der Waals surface area contributed by atoms with E-state index in [1.807, 2.05) is 51.1 Å². The number of amidine groups is 1. The van der Waals surface area contributed by atoms with Gasteiger partial charge >= 0.3 is 5.97 Å². The fourth-order valence-corrected chi connectivity index (χ4v) is 3.96. The number of amides is 1. The zero-order valence-electron chi connectivity index (χ0n) is 17.4. The van der Waals surface area contributed by atoms with E-state index in [0.717, 1.165) is 11.3 Å². The van der Waals surface area contributed by atoms with E-state index in [0.29, 0.717) is 27.9 Å². The third-order valence-corrected chi connectivity index (χ3v) is 5.27. The average Bonchev–Trinajstić information content (AvgIpc) is 3.02. The van der Waals surface area contributed by atoms with E-state index in [4.69, 9.17) is 9.47 Å². The molecule has 1 saturated heterocycles. The maximum atomic E-state index is 12.9. The number of methoxy groups -OCH3 is 1. The van der Waals surface area contributed by atoms with Crippen LogP contribution in [0.15, 0.2) is 58.4 Å². The number of esters is 1. The van der Waals surface area contributed by atoms with Crippen LogP contribution in [0.1, 0.15) is 36.7 Å². The number of benzene rings is 2. The molecule has 0 radical (unpaired) electrons. The van der Waals surface area contributed by atoms with Crippen molar-refractivity contribution in [1.29, 1.82) is 0 Å². The Morgan fingerprint density at radius 1 is 1.20 bits per heavy atom. The topological polar surface area (TPSA) is 68.2 Å². The van der Waals surface area contributed by atoms with Crippen molar-refractivity contribution in [3.05, 3.63) is 64.6 Å². The van der Waals surface area contributed by atoms with Gasteiger partial charge in [-0.3, -0.25) is 9.69 Å². The second-order valence-electron chi connectivity index (χ2n) is 6.80. The summed E-state index contributed by atoms with van der Waals surface area (Å²) in [4.78, 5) is 31.5. The van der Waals surface area contributed by atoms with Crippen LogP contribution in [0.4, 0.5) is 5.69 Å². The van der Waals surface area contributed by atoms with Crippen LogP contribution in [0.5, 0.6) is 5.75 Å². The summed E-state index contributed by atoms with van der Waals surface area (Å²) < 4.78 is 10.6. The Bertz CT molecular complexity index is 1010. The summed E-state index contributed by atoms with van der Waals surface area (Å²) in [5.41, 5.74) is 1.83. The summed E-state index contributed by atoms with van der Waals surface area (Å²) in [5.74, 6) is 0.194. The molecular formula is C23H24N2O4S. The minimum atomic E-state index is -0.429. The van der Waals surface area contributed by atoms with E-state index in [-0.39, 0.29) is 12.0 Å². The summed E-state index contributed by atoms with van der Waals surface area (Å²) in [6, 6.07) is 14.5. The van der Waals surface area contributed by atoms with Crippen molar-refractivity contribution in [2.75, 3.05) is 13.7 Å². The first-order chi connectivity index (χ1) is 14.4. The Morgan fingerprint density at radius 3 is 2.67 bits per heavy atom. The number of nitrogens with zero attached hydrogens (tertiary/aromatic N) is 2. The molecule has 156 valence electrons. The van der Waals surface area contributed by atoms with Crippen molar-refractivity contribution in [2.45, 2.75) is 26.9 Å². The first kappa shape index (κ1) is 21.6. The zero-order valence-corrected chi connectivity index (χ0v) is 18.2. The third-order valence-electron chi connectivity index (χ3n) is 4.26. The molecule has 6 nitrogen and oxygen atoms in total. The Balaban J connectivity index is 1.94. The van der Waals surface area contributed by atoms with Gasteiger partial charge in [-0.25, -0.2) is 9.79 Å². The number of hydrogen-bond donors (Lipinski definition) is 0. The van der Waals surface area contributed by atoms with Gasteiger partial charge in [0, 0.05) is 12.1 Å². The van der Waals surface area contributed by atoms with E-state index < -0.39 is 5.97 Å². The fourth-order valence-electron chi connectivity index (χ4n) is 2.90. The summed E-state index contributed by atoms with van der Waals surface area (Å²) in [6.45, 7) is 6.32. The van der Waals surface area contributed by atoms with Gasteiger partial charge in [0.1, 0.15) is 5.75 Å². The lowest BCUT2D eigenvalue weighted by atomic mass is 10.2. The number of thioether (sulfide) groups is 1. The van der Waals surface area contributed by atoms with Crippen LogP contribution in [-0.2, 0) is 9.53 Å². The molecular weight excluding hydrogens is 400 g/mol. The van der Waals surface area contributed by atoms with Gasteiger partial charge in [-0.15, -0.1) is 0 Å². The van der Waals surface area contributed by atoms with Gasteiger partial charge in [0.05, 0.1) is 29.4 Å². The van der Waals surface area contributed by atoms with Gasteiger partial charge in [0.25, 0.3) is 5.91 Å². The number of carbonyl (C=O) groups excluding carboxylic acids is 2. The molecule has 0 bridgehead atoms. The van der Waals surface area contributed by atoms with Crippen LogP contribution in [0, 0.1) is 0 Å². The maximum Gasteiger partial charge on any atom is 0.337 e. The molecule has 2 aromatic rings. The molecule has 1 amide bonds. The number of aliphatic imine (C=N–C) groups is 1. The molecule has 3 rings (SSSR count). The van der Waals surface area contributed by atoms with Gasteiger partial charge in [0.2, 0.25) is 0 Å². The van der Waals surface area contributed by atoms with Crippen molar-refractivity contribution in [3.63, 3.8) is 0 Å². The monoisotopic (exact) mass is 424 g/mol. The Hall–Kier alpha value is -3.06. The van der Waals surface area contributed by atoms with Crippen LogP contribution < -0.4 is 4.74 Å². The molecule has 1 aliphatic heterocycles. The van der Waals surface area contributed by atoms with Gasteiger partial charge in [-0.1, -0.05) is 24.3 Å². The van der Waals surface area contributed by atoms with E-state index in [1.54, 1.807) is 29.2 Å². The minimum Gasteiger partial charge on any atom is -0.490 e. The highest BCUT2D eigenvalue weighted by Crippen LogP contribution is 2.35. The van der Waals surface area contributed by atoms with E-state index in [2.05, 4.69) is 4.99 Å². The molecule has 1 heterocycles. The first-order valence-corrected chi connectivity index (χ1v) is 10.5. The fraction of sp³-hybridized carbons (Fsp3) is 0.261. The number of carbonyl (C=O) groups is 2. The molecule has 0 atom stereocenters. The third kappa shape index (κ3) is 4.91. The van der Waals surface area contributed by atoms with Crippen LogP contribution in [0.25, 0.3) is 6.08 Å². The molecule has 30 heavy (non-hydrogen) atoms. The van der Waals surface area contributed by atoms with Crippen molar-refractivity contribution >= 4 is 40.6 Å². The largest absolute Gasteiger partial charge is 0.490 e. The average molecular weight is 425 g/mol. The molecule has 7 heteroatoms. The number of ether oxygens (including phenoxy) is 2. The normalized spacial score (nSPS) is 16.6. The lowest BCUT2D eigenvalue weighted by molar-refractivity contribution is -0.122. The Morgan fingerprint density at radius 2 is 1.97 bits per heavy atom. The van der Waals surface area contributed by atoms with Crippen LogP contribution in [-0.4, -0.2) is 41.7 Å². The molecule has 0 aromatic heterocycles. The summed E-state index contributed by atoms with van der Waals surface area (Å²) in [6.07, 6.45) is 1.86. The van der Waals surface area contributed by atoms with Crippen molar-refractivity contribution in [3.8, 4) is 5.75 Å². The predicted octanol–water partition coefficient (Wildman–Crippen LogP) is 4.88. The molecule has 0 unspecified atom stereocenters. The van der Waals surface area contributed by atoms with Crippen molar-refractivity contribution in [1.82, 2.24) is 4.90 Å². The minimum absolute atomic E-state index is 0.0304. The molecule has 1 aliphatic rings. The highest BCUT2D eigenvalue weighted by Gasteiger charge is 2.32. The standard InChI is InChI=1S/C23H24N2O4S/c1-5-25-21(26)20(14-16-9-6-7-12-19(16)29-15(2)3)30-23(25)24-18-11-8-10-17(13-18)22(27)28-4/h6-15H,5H2,1-4H3. The second-order valence-corrected chi connectivity index (χ2v) is 7.81. The second kappa shape index (κ2) is 9.63. The van der Waals surface area contributed by atoms with Crippen LogP contribution >= 0.6 is 11.8 Å².